The molecule has 0 aliphatic rings. The maximum absolute atomic E-state index is 12.1. The van der Waals surface area contributed by atoms with Crippen LogP contribution in [0, 0.1) is 6.92 Å². The minimum absolute atomic E-state index is 0.158. The van der Waals surface area contributed by atoms with E-state index in [0.29, 0.717) is 36.5 Å². The molecule has 0 radical (unpaired) electrons. The van der Waals surface area contributed by atoms with Crippen LogP contribution in [0.15, 0.2) is 41.9 Å². The highest BCUT2D eigenvalue weighted by Gasteiger charge is 2.12. The number of amides is 2. The average molecular weight is 369 g/mol. The van der Waals surface area contributed by atoms with Crippen molar-refractivity contribution in [1.82, 2.24) is 25.8 Å². The van der Waals surface area contributed by atoms with Crippen LogP contribution in [0.1, 0.15) is 33.0 Å². The number of nitrogens with zero attached hydrogens (tertiary/aromatic N) is 2. The Morgan fingerprint density at radius 2 is 1.96 bits per heavy atom. The third-order valence-electron chi connectivity index (χ3n) is 3.77. The average Bonchev–Trinajstić information content (AvgIpc) is 3.32. The van der Waals surface area contributed by atoms with Gasteiger partial charge in [0.2, 0.25) is 0 Å². The van der Waals surface area contributed by atoms with E-state index in [1.54, 1.807) is 42.7 Å². The second-order valence-electron chi connectivity index (χ2n) is 5.65. The molecule has 0 aliphatic carbocycles. The minimum Gasteiger partial charge on any atom is -0.352 e. The number of rotatable bonds is 7. The molecule has 26 heavy (non-hydrogen) atoms. The number of carbonyl (C=O) groups excluding carboxylic acids is 2. The fraction of sp³-hybridized carbons (Fsp3) is 0.222. The van der Waals surface area contributed by atoms with Gasteiger partial charge < -0.3 is 10.6 Å². The fourth-order valence-electron chi connectivity index (χ4n) is 2.40. The Labute approximate surface area is 154 Å². The first-order valence-corrected chi connectivity index (χ1v) is 9.10. The molecular weight excluding hydrogens is 350 g/mol. The molecule has 0 saturated carbocycles. The lowest BCUT2D eigenvalue weighted by atomic mass is 10.2. The van der Waals surface area contributed by atoms with Crippen LogP contribution in [-0.4, -0.2) is 40.1 Å². The number of pyridine rings is 1. The van der Waals surface area contributed by atoms with Gasteiger partial charge in [-0.2, -0.15) is 5.10 Å². The number of thiophene rings is 1. The summed E-state index contributed by atoms with van der Waals surface area (Å²) in [4.78, 5) is 29.3. The Hall–Kier alpha value is -3.00. The van der Waals surface area contributed by atoms with Gasteiger partial charge in [0.25, 0.3) is 11.8 Å². The SMILES string of the molecule is Cc1ncccc1C(=O)NCCCNC(=O)c1cc(-c2cccs2)[nH]n1. The van der Waals surface area contributed by atoms with E-state index in [1.165, 1.54) is 0 Å². The molecule has 134 valence electrons. The highest BCUT2D eigenvalue weighted by Crippen LogP contribution is 2.22. The Morgan fingerprint density at radius 1 is 1.15 bits per heavy atom. The molecule has 0 spiro atoms. The maximum Gasteiger partial charge on any atom is 0.271 e. The fourth-order valence-corrected chi connectivity index (χ4v) is 3.09. The maximum atomic E-state index is 12.1. The van der Waals surface area contributed by atoms with Crippen molar-refractivity contribution in [2.75, 3.05) is 13.1 Å². The smallest absolute Gasteiger partial charge is 0.271 e. The summed E-state index contributed by atoms with van der Waals surface area (Å²) in [5.41, 5.74) is 2.43. The van der Waals surface area contributed by atoms with Gasteiger partial charge in [0, 0.05) is 25.0 Å². The molecule has 0 saturated heterocycles. The van der Waals surface area contributed by atoms with Gasteiger partial charge in [-0.25, -0.2) is 0 Å². The Morgan fingerprint density at radius 3 is 2.69 bits per heavy atom. The van der Waals surface area contributed by atoms with Crippen molar-refractivity contribution in [3.8, 4) is 10.6 Å². The van der Waals surface area contributed by atoms with E-state index in [1.807, 2.05) is 17.5 Å². The molecule has 0 bridgehead atoms. The van der Waals surface area contributed by atoms with Crippen LogP contribution in [0.2, 0.25) is 0 Å². The summed E-state index contributed by atoms with van der Waals surface area (Å²) in [5.74, 6) is -0.395. The molecule has 0 unspecified atom stereocenters. The normalized spacial score (nSPS) is 10.5. The molecule has 0 aliphatic heterocycles. The molecule has 0 atom stereocenters. The highest BCUT2D eigenvalue weighted by atomic mass is 32.1. The highest BCUT2D eigenvalue weighted by molar-refractivity contribution is 7.13. The molecule has 0 aromatic carbocycles. The van der Waals surface area contributed by atoms with E-state index in [4.69, 9.17) is 0 Å². The minimum atomic E-state index is -0.238. The number of hydrogen-bond acceptors (Lipinski definition) is 5. The number of aromatic nitrogens is 3. The van der Waals surface area contributed by atoms with Crippen LogP contribution in [0.25, 0.3) is 10.6 Å². The molecule has 0 fully saturated rings. The predicted octanol–water partition coefficient (Wildman–Crippen LogP) is 2.39. The summed E-state index contributed by atoms with van der Waals surface area (Å²) in [6, 6.07) is 9.11. The lowest BCUT2D eigenvalue weighted by Gasteiger charge is -2.07. The first-order chi connectivity index (χ1) is 12.6. The zero-order valence-corrected chi connectivity index (χ0v) is 15.1. The van der Waals surface area contributed by atoms with Crippen molar-refractivity contribution < 1.29 is 9.59 Å². The second kappa shape index (κ2) is 8.39. The van der Waals surface area contributed by atoms with Gasteiger partial charge in [0.05, 0.1) is 16.1 Å². The summed E-state index contributed by atoms with van der Waals surface area (Å²) in [5, 5.41) is 14.5. The monoisotopic (exact) mass is 369 g/mol. The zero-order valence-electron chi connectivity index (χ0n) is 14.3. The summed E-state index contributed by atoms with van der Waals surface area (Å²) in [6.07, 6.45) is 2.28. The number of aromatic amines is 1. The van der Waals surface area contributed by atoms with Crippen LogP contribution in [0.4, 0.5) is 0 Å². The van der Waals surface area contributed by atoms with Crippen molar-refractivity contribution in [2.45, 2.75) is 13.3 Å². The number of H-pyrrole nitrogens is 1. The summed E-state index contributed by atoms with van der Waals surface area (Å²) >= 11 is 1.58. The van der Waals surface area contributed by atoms with Gasteiger partial charge in [0.15, 0.2) is 5.69 Å². The van der Waals surface area contributed by atoms with Gasteiger partial charge in [-0.15, -0.1) is 11.3 Å². The predicted molar refractivity (Wildman–Crippen MR) is 100 cm³/mol. The molecular formula is C18H19N5O2S. The van der Waals surface area contributed by atoms with Crippen molar-refractivity contribution in [1.29, 1.82) is 0 Å². The quantitative estimate of drug-likeness (QED) is 0.557. The van der Waals surface area contributed by atoms with Crippen molar-refractivity contribution >= 4 is 23.2 Å². The summed E-state index contributed by atoms with van der Waals surface area (Å²) in [7, 11) is 0. The third kappa shape index (κ3) is 4.34. The van der Waals surface area contributed by atoms with Crippen LogP contribution in [-0.2, 0) is 0 Å². The second-order valence-corrected chi connectivity index (χ2v) is 6.59. The van der Waals surface area contributed by atoms with Crippen LogP contribution in [0.3, 0.4) is 0 Å². The third-order valence-corrected chi connectivity index (χ3v) is 4.68. The van der Waals surface area contributed by atoms with E-state index in [0.717, 1.165) is 10.6 Å². The van der Waals surface area contributed by atoms with Crippen LogP contribution >= 0.6 is 11.3 Å². The topological polar surface area (TPSA) is 99.8 Å². The van der Waals surface area contributed by atoms with Gasteiger partial charge in [-0.1, -0.05) is 6.07 Å². The molecule has 3 N–H and O–H groups in total. The summed E-state index contributed by atoms with van der Waals surface area (Å²) < 4.78 is 0. The number of aryl methyl sites for hydroxylation is 1. The molecule has 3 aromatic heterocycles. The number of carbonyl (C=O) groups is 2. The van der Waals surface area contributed by atoms with Crippen molar-refractivity contribution in [2.24, 2.45) is 0 Å². The van der Waals surface area contributed by atoms with E-state index in [2.05, 4.69) is 25.8 Å². The molecule has 3 aromatic rings. The lowest BCUT2D eigenvalue weighted by molar-refractivity contribution is 0.0948. The Bertz CT molecular complexity index is 889. The molecule has 3 heterocycles. The molecule has 2 amide bonds. The van der Waals surface area contributed by atoms with E-state index >= 15 is 0 Å². The summed E-state index contributed by atoms with van der Waals surface area (Å²) in [6.45, 7) is 2.71. The number of nitrogens with one attached hydrogen (secondary N) is 3. The van der Waals surface area contributed by atoms with E-state index < -0.39 is 0 Å². The molecule has 3 rings (SSSR count). The van der Waals surface area contributed by atoms with E-state index in [-0.39, 0.29) is 11.8 Å². The molecule has 7 nitrogen and oxygen atoms in total. The lowest BCUT2D eigenvalue weighted by Crippen LogP contribution is -2.30. The Balaban J connectivity index is 1.40. The largest absolute Gasteiger partial charge is 0.352 e. The standard InChI is InChI=1S/C18H19N5O2S/c1-12-13(5-2-7-19-12)17(24)20-8-4-9-21-18(25)15-11-14(22-23-15)16-6-3-10-26-16/h2-3,5-7,10-11H,4,8-9H2,1H3,(H,20,24)(H,21,25)(H,22,23). The zero-order chi connectivity index (χ0) is 18.4. The van der Waals surface area contributed by atoms with E-state index in [9.17, 15) is 9.59 Å². The van der Waals surface area contributed by atoms with Crippen molar-refractivity contribution in [3.63, 3.8) is 0 Å². The number of hydrogen-bond donors (Lipinski definition) is 3. The molecule has 8 heteroatoms. The van der Waals surface area contributed by atoms with Crippen molar-refractivity contribution in [3.05, 3.63) is 58.9 Å². The first kappa shape index (κ1) is 17.8. The Kier molecular flexibility index (Phi) is 5.75. The van der Waals surface area contributed by atoms with Gasteiger partial charge in [-0.3, -0.25) is 19.7 Å². The van der Waals surface area contributed by atoms with Gasteiger partial charge in [-0.05, 0) is 43.0 Å². The van der Waals surface area contributed by atoms with Gasteiger partial charge >= 0.3 is 0 Å². The van der Waals surface area contributed by atoms with Gasteiger partial charge in [0.1, 0.15) is 0 Å². The van der Waals surface area contributed by atoms with Crippen LogP contribution in [0.5, 0.6) is 0 Å². The van der Waals surface area contributed by atoms with Crippen LogP contribution < -0.4 is 10.6 Å². The first-order valence-electron chi connectivity index (χ1n) is 8.22.